The smallest absolute Gasteiger partial charge is 0.407 e. The van der Waals surface area contributed by atoms with Crippen LogP contribution in [0.1, 0.15) is 57.8 Å². The van der Waals surface area contributed by atoms with Gasteiger partial charge >= 0.3 is 11.8 Å². The van der Waals surface area contributed by atoms with E-state index in [-0.39, 0.29) is 41.0 Å². The highest BCUT2D eigenvalue weighted by Crippen LogP contribution is 2.24. The lowest BCUT2D eigenvalue weighted by atomic mass is 10.1. The number of imidazole rings is 1. The number of anilines is 1. The van der Waals surface area contributed by atoms with Crippen LogP contribution in [0.5, 0.6) is 5.75 Å². The van der Waals surface area contributed by atoms with Crippen molar-refractivity contribution in [2.24, 2.45) is 7.05 Å². The topological polar surface area (TPSA) is 159 Å². The minimum absolute atomic E-state index is 0.135. The number of alkyl carbamates (subject to hydrolysis) is 1. The predicted octanol–water partition coefficient (Wildman–Crippen LogP) is 2.36. The first-order valence-electron chi connectivity index (χ1n) is 15.2. The van der Waals surface area contributed by atoms with E-state index in [1.165, 1.54) is 24.7 Å². The number of ether oxygens (including phenoxy) is 2. The van der Waals surface area contributed by atoms with E-state index in [4.69, 9.17) is 14.5 Å². The number of rotatable bonds is 10. The first-order chi connectivity index (χ1) is 21.7. The number of Topliss-reactive ketones (excluding diaryl/α,β-unsaturated/α-hetero) is 1. The summed E-state index contributed by atoms with van der Waals surface area (Å²) in [5.41, 5.74) is -0.474. The fourth-order valence-electron chi connectivity index (χ4n) is 5.21. The lowest BCUT2D eigenvalue weighted by molar-refractivity contribution is -0.122. The molecule has 1 aliphatic rings. The second kappa shape index (κ2) is 14.0. The van der Waals surface area contributed by atoms with Crippen LogP contribution < -0.4 is 31.5 Å². The summed E-state index contributed by atoms with van der Waals surface area (Å²) in [5, 5.41) is 5.39. The van der Waals surface area contributed by atoms with Gasteiger partial charge < -0.3 is 29.6 Å². The number of allylic oxidation sites excluding steroid dienone is 2. The Bertz CT molecular complexity index is 1770. The second-order valence-electron chi connectivity index (χ2n) is 12.5. The molecule has 46 heavy (non-hydrogen) atoms. The van der Waals surface area contributed by atoms with Gasteiger partial charge in [0.15, 0.2) is 23.6 Å². The third-order valence-corrected chi connectivity index (χ3v) is 7.45. The van der Waals surface area contributed by atoms with Crippen molar-refractivity contribution in [3.8, 4) is 5.75 Å². The number of hydrogen-bond donors (Lipinski definition) is 2. The van der Waals surface area contributed by atoms with Gasteiger partial charge in [0.25, 0.3) is 11.5 Å². The number of fused-ring (bicyclic) bond motifs is 1. The van der Waals surface area contributed by atoms with Crippen LogP contribution in [-0.4, -0.2) is 74.9 Å². The van der Waals surface area contributed by atoms with Gasteiger partial charge in [0.2, 0.25) is 5.95 Å². The molecule has 1 unspecified atom stereocenters. The number of carbonyl (C=O) groups is 3. The van der Waals surface area contributed by atoms with E-state index in [9.17, 15) is 24.0 Å². The van der Waals surface area contributed by atoms with E-state index in [1.54, 1.807) is 43.5 Å². The highest BCUT2D eigenvalue weighted by Gasteiger charge is 2.29. The molecule has 0 bridgehead atoms. The van der Waals surface area contributed by atoms with Gasteiger partial charge in [-0.1, -0.05) is 23.8 Å². The third-order valence-electron chi connectivity index (χ3n) is 7.45. The average molecular weight is 638 g/mol. The number of para-hydroxylation sites is 1. The number of nitrogens with zero attached hydrogens (tertiary/aromatic N) is 5. The minimum Gasteiger partial charge on any atom is -0.483 e. The zero-order valence-corrected chi connectivity index (χ0v) is 27.5. The van der Waals surface area contributed by atoms with Gasteiger partial charge in [0.1, 0.15) is 11.4 Å². The number of amides is 2. The number of piperidine rings is 1. The van der Waals surface area contributed by atoms with Crippen LogP contribution >= 0.6 is 0 Å². The van der Waals surface area contributed by atoms with Gasteiger partial charge in [0, 0.05) is 39.8 Å². The molecule has 14 heteroatoms. The summed E-state index contributed by atoms with van der Waals surface area (Å²) >= 11 is 0. The average Bonchev–Trinajstić information content (AvgIpc) is 3.39. The quantitative estimate of drug-likeness (QED) is 0.251. The van der Waals surface area contributed by atoms with Gasteiger partial charge in [-0.2, -0.15) is 4.98 Å². The Balaban J connectivity index is 1.73. The number of ketones is 1. The number of aryl methyl sites for hydroxylation is 1. The molecule has 1 fully saturated rings. The maximum absolute atomic E-state index is 14.1. The summed E-state index contributed by atoms with van der Waals surface area (Å²) in [4.78, 5) is 72.0. The van der Waals surface area contributed by atoms with Crippen molar-refractivity contribution in [1.82, 2.24) is 29.3 Å². The fourth-order valence-corrected chi connectivity index (χ4v) is 5.21. The molecule has 0 saturated carbocycles. The predicted molar refractivity (Wildman–Crippen MR) is 174 cm³/mol. The number of aromatic nitrogens is 4. The molecule has 0 aliphatic carbocycles. The van der Waals surface area contributed by atoms with Crippen molar-refractivity contribution in [1.29, 1.82) is 0 Å². The van der Waals surface area contributed by atoms with Gasteiger partial charge in [-0.25, -0.2) is 9.59 Å². The number of nitrogens with one attached hydrogen (secondary N) is 2. The first-order valence-corrected chi connectivity index (χ1v) is 15.2. The first kappa shape index (κ1) is 34.0. The van der Waals surface area contributed by atoms with E-state index in [1.807, 2.05) is 24.8 Å². The molecule has 4 rings (SSSR count). The van der Waals surface area contributed by atoms with E-state index in [2.05, 4.69) is 10.6 Å². The highest BCUT2D eigenvalue weighted by atomic mass is 16.6. The van der Waals surface area contributed by atoms with E-state index in [0.717, 1.165) is 23.0 Å². The second-order valence-corrected chi connectivity index (χ2v) is 12.5. The Labute approximate surface area is 267 Å². The molecule has 0 radical (unpaired) electrons. The Kier molecular flexibility index (Phi) is 10.4. The lowest BCUT2D eigenvalue weighted by Gasteiger charge is -2.34. The SMILES string of the molecule is CNC(=O)COc1ccccc1C(=O)Cn1c(=O)c2c(nc(N3CCCC(NC(=O)OC(C)(C)C)C3)n2CC=C(C)C)n(C)c1=O. The largest absolute Gasteiger partial charge is 0.483 e. The van der Waals surface area contributed by atoms with Crippen molar-refractivity contribution in [3.05, 3.63) is 62.3 Å². The zero-order chi connectivity index (χ0) is 33.8. The van der Waals surface area contributed by atoms with Crippen LogP contribution in [0.4, 0.5) is 10.7 Å². The monoisotopic (exact) mass is 637 g/mol. The molecule has 2 aromatic heterocycles. The van der Waals surface area contributed by atoms with E-state index < -0.39 is 35.3 Å². The van der Waals surface area contributed by atoms with E-state index >= 15 is 0 Å². The summed E-state index contributed by atoms with van der Waals surface area (Å²) in [5.74, 6) is -0.266. The molecule has 0 spiro atoms. The highest BCUT2D eigenvalue weighted by molar-refractivity contribution is 5.98. The van der Waals surface area contributed by atoms with Gasteiger partial charge in [-0.05, 0) is 59.6 Å². The molecule has 1 aliphatic heterocycles. The van der Waals surface area contributed by atoms with Crippen molar-refractivity contribution in [3.63, 3.8) is 0 Å². The fraction of sp³-hybridized carbons (Fsp3) is 0.500. The maximum atomic E-state index is 14.1. The van der Waals surface area contributed by atoms with Gasteiger partial charge in [0.05, 0.1) is 12.1 Å². The van der Waals surface area contributed by atoms with Crippen molar-refractivity contribution in [2.45, 2.75) is 72.2 Å². The maximum Gasteiger partial charge on any atom is 0.407 e. The summed E-state index contributed by atoms with van der Waals surface area (Å²) in [6, 6.07) is 6.14. The van der Waals surface area contributed by atoms with Crippen LogP contribution in [-0.2, 0) is 29.7 Å². The van der Waals surface area contributed by atoms with Gasteiger partial charge in [-0.3, -0.25) is 23.5 Å². The van der Waals surface area contributed by atoms with Crippen molar-refractivity contribution < 1.29 is 23.9 Å². The van der Waals surface area contributed by atoms with Crippen LogP contribution in [0.15, 0.2) is 45.5 Å². The van der Waals surface area contributed by atoms with Crippen molar-refractivity contribution >= 4 is 34.9 Å². The third kappa shape index (κ3) is 7.85. The Morgan fingerprint density at radius 1 is 1.11 bits per heavy atom. The number of likely N-dealkylation sites (N-methyl/N-ethyl adjacent to an activating group) is 1. The van der Waals surface area contributed by atoms with Crippen LogP contribution in [0.2, 0.25) is 0 Å². The molecule has 3 heterocycles. The lowest BCUT2D eigenvalue weighted by Crippen LogP contribution is -2.49. The summed E-state index contributed by atoms with van der Waals surface area (Å²) < 4.78 is 14.9. The number of hydrogen-bond acceptors (Lipinski definition) is 9. The molecule has 1 aromatic carbocycles. The molecule has 2 N–H and O–H groups in total. The molecule has 1 atom stereocenters. The minimum atomic E-state index is -0.698. The van der Waals surface area contributed by atoms with Crippen molar-refractivity contribution in [2.75, 3.05) is 31.6 Å². The van der Waals surface area contributed by atoms with E-state index in [0.29, 0.717) is 25.6 Å². The summed E-state index contributed by atoms with van der Waals surface area (Å²) in [7, 11) is 2.98. The van der Waals surface area contributed by atoms with Crippen LogP contribution in [0.3, 0.4) is 0 Å². The van der Waals surface area contributed by atoms with Gasteiger partial charge in [-0.15, -0.1) is 0 Å². The number of benzene rings is 1. The molecular weight excluding hydrogens is 594 g/mol. The standard InChI is InChI=1S/C32H43N7O7/c1-20(2)14-16-38-26-27(35-29(38)37-15-10-11-21(17-37)34-30(43)46-32(3,4)5)36(7)31(44)39(28(26)42)18-23(40)22-12-8-9-13-24(22)45-19-25(41)33-6/h8-9,12-14,21H,10-11,15-19H2,1-7H3,(H,33,41)(H,34,43). The molecule has 14 nitrogen and oxygen atoms in total. The molecular formula is C32H43N7O7. The Morgan fingerprint density at radius 3 is 2.50 bits per heavy atom. The molecule has 1 saturated heterocycles. The summed E-state index contributed by atoms with van der Waals surface area (Å²) in [6.07, 6.45) is 2.94. The van der Waals surface area contributed by atoms with Crippen LogP contribution in [0.25, 0.3) is 11.2 Å². The molecule has 248 valence electrons. The number of carbonyl (C=O) groups excluding carboxylic acids is 3. The Morgan fingerprint density at radius 2 is 1.83 bits per heavy atom. The normalized spacial score (nSPS) is 14.9. The van der Waals surface area contributed by atoms with Crippen LogP contribution in [0, 0.1) is 0 Å². The zero-order valence-electron chi connectivity index (χ0n) is 27.5. The molecule has 3 aromatic rings. The Hall–Kier alpha value is -4.88. The summed E-state index contributed by atoms with van der Waals surface area (Å²) in [6.45, 7) is 9.78. The molecule has 2 amide bonds.